The van der Waals surface area contributed by atoms with Crippen LogP contribution in [0.1, 0.15) is 34.4 Å². The number of morpholine rings is 1. The van der Waals surface area contributed by atoms with E-state index in [1.807, 2.05) is 22.8 Å². The quantitative estimate of drug-likeness (QED) is 0.432. The van der Waals surface area contributed by atoms with Crippen LogP contribution in [-0.2, 0) is 21.6 Å². The molecule has 1 aromatic carbocycles. The van der Waals surface area contributed by atoms with Gasteiger partial charge in [0.2, 0.25) is 0 Å². The number of fused-ring (bicyclic) bond motifs is 3. The highest BCUT2D eigenvalue weighted by Gasteiger charge is 2.28. The van der Waals surface area contributed by atoms with E-state index in [0.29, 0.717) is 53.9 Å². The van der Waals surface area contributed by atoms with E-state index < -0.39 is 11.6 Å². The van der Waals surface area contributed by atoms with E-state index in [0.717, 1.165) is 19.6 Å². The van der Waals surface area contributed by atoms with Crippen LogP contribution < -0.4 is 4.74 Å². The van der Waals surface area contributed by atoms with Crippen LogP contribution in [0, 0.1) is 18.8 Å². The Morgan fingerprint density at radius 1 is 1.31 bits per heavy atom. The van der Waals surface area contributed by atoms with E-state index >= 15 is 0 Å². The number of esters is 1. The van der Waals surface area contributed by atoms with Gasteiger partial charge in [0.05, 0.1) is 32.4 Å². The maximum absolute atomic E-state index is 12.2. The molecule has 1 fully saturated rings. The van der Waals surface area contributed by atoms with Gasteiger partial charge in [0.1, 0.15) is 29.1 Å². The van der Waals surface area contributed by atoms with Gasteiger partial charge in [-0.2, -0.15) is 0 Å². The molecule has 2 atom stereocenters. The predicted octanol–water partition coefficient (Wildman–Crippen LogP) is 1.99. The lowest BCUT2D eigenvalue weighted by atomic mass is 10.0. The number of aromatic nitrogens is 3. The van der Waals surface area contributed by atoms with E-state index in [-0.39, 0.29) is 11.8 Å². The first-order valence-corrected chi connectivity index (χ1v) is 11.8. The number of ether oxygens (including phenoxy) is 3. The fourth-order valence-electron chi connectivity index (χ4n) is 4.31. The van der Waals surface area contributed by atoms with Crippen LogP contribution >= 0.6 is 0 Å². The van der Waals surface area contributed by atoms with Crippen molar-refractivity contribution >= 4 is 5.97 Å². The van der Waals surface area contributed by atoms with Gasteiger partial charge in [0.15, 0.2) is 11.3 Å². The van der Waals surface area contributed by atoms with E-state index in [9.17, 15) is 9.90 Å². The summed E-state index contributed by atoms with van der Waals surface area (Å²) in [5, 5.41) is 14.7. The lowest BCUT2D eigenvalue weighted by molar-refractivity contribution is 0.0172. The van der Waals surface area contributed by atoms with Crippen molar-refractivity contribution in [3.05, 3.63) is 53.2 Å². The number of imidazole rings is 1. The number of rotatable bonds is 4. The molecule has 1 unspecified atom stereocenters. The maximum Gasteiger partial charge on any atom is 0.358 e. The average Bonchev–Trinajstić information content (AvgIpc) is 3.47. The third-order valence-electron chi connectivity index (χ3n) is 6.23. The summed E-state index contributed by atoms with van der Waals surface area (Å²) in [5.74, 6) is 7.23. The largest absolute Gasteiger partial charge is 0.486 e. The Morgan fingerprint density at radius 2 is 2.11 bits per heavy atom. The zero-order valence-electron chi connectivity index (χ0n) is 20.5. The maximum atomic E-state index is 12.2. The Bertz CT molecular complexity index is 1330. The van der Waals surface area contributed by atoms with Crippen molar-refractivity contribution in [3.8, 4) is 29.0 Å². The number of nitrogens with zero attached hydrogens (tertiary/aromatic N) is 4. The SMILES string of the molecule is COC(=O)c1cn2c(n1)-c1cc(C#C[C@@](C)(O)c3cc(C)on3)ccc1OC(CN1CCOCC1)C2. The van der Waals surface area contributed by atoms with Crippen LogP contribution in [0.2, 0.25) is 0 Å². The van der Waals surface area contributed by atoms with E-state index in [4.69, 9.17) is 18.7 Å². The van der Waals surface area contributed by atoms with Crippen LogP contribution in [0.25, 0.3) is 11.4 Å². The molecule has 188 valence electrons. The second-order valence-corrected chi connectivity index (χ2v) is 9.10. The summed E-state index contributed by atoms with van der Waals surface area (Å²) in [6.07, 6.45) is 1.54. The van der Waals surface area contributed by atoms with Gasteiger partial charge in [-0.15, -0.1) is 0 Å². The number of aliphatic hydroxyl groups is 1. The average molecular weight is 493 g/mol. The molecule has 10 heteroatoms. The normalized spacial score (nSPS) is 19.1. The van der Waals surface area contributed by atoms with Gasteiger partial charge in [-0.3, -0.25) is 4.90 Å². The Hall–Kier alpha value is -3.65. The molecule has 0 bridgehead atoms. The Balaban J connectivity index is 1.49. The molecule has 0 saturated carbocycles. The number of benzene rings is 1. The highest BCUT2D eigenvalue weighted by molar-refractivity contribution is 5.88. The number of hydrogen-bond donors (Lipinski definition) is 1. The van der Waals surface area contributed by atoms with Crippen LogP contribution in [0.15, 0.2) is 35.0 Å². The van der Waals surface area contributed by atoms with Crippen molar-refractivity contribution in [1.29, 1.82) is 0 Å². The van der Waals surface area contributed by atoms with Crippen molar-refractivity contribution in [1.82, 2.24) is 19.6 Å². The van der Waals surface area contributed by atoms with Crippen molar-refractivity contribution in [2.45, 2.75) is 32.1 Å². The van der Waals surface area contributed by atoms with E-state index in [1.54, 1.807) is 26.1 Å². The molecule has 5 rings (SSSR count). The van der Waals surface area contributed by atoms with Gasteiger partial charge in [-0.1, -0.05) is 17.0 Å². The third kappa shape index (κ3) is 4.99. The molecule has 0 aliphatic carbocycles. The molecule has 0 amide bonds. The van der Waals surface area contributed by atoms with Gasteiger partial charge in [0, 0.05) is 37.5 Å². The first-order valence-electron chi connectivity index (χ1n) is 11.8. The molecular weight excluding hydrogens is 464 g/mol. The minimum atomic E-state index is -1.49. The summed E-state index contributed by atoms with van der Waals surface area (Å²) < 4.78 is 23.8. The van der Waals surface area contributed by atoms with Crippen LogP contribution in [0.5, 0.6) is 5.75 Å². The predicted molar refractivity (Wildman–Crippen MR) is 128 cm³/mol. The Labute approximate surface area is 208 Å². The molecule has 2 aliphatic rings. The van der Waals surface area contributed by atoms with Crippen LogP contribution in [0.4, 0.5) is 0 Å². The van der Waals surface area contributed by atoms with E-state index in [1.165, 1.54) is 7.11 Å². The smallest absolute Gasteiger partial charge is 0.358 e. The Kier molecular flexibility index (Phi) is 6.53. The van der Waals surface area contributed by atoms with Crippen molar-refractivity contribution in [2.75, 3.05) is 40.0 Å². The summed E-state index contributed by atoms with van der Waals surface area (Å²) in [7, 11) is 1.33. The summed E-state index contributed by atoms with van der Waals surface area (Å²) >= 11 is 0. The van der Waals surface area contributed by atoms with E-state index in [2.05, 4.69) is 26.9 Å². The molecule has 36 heavy (non-hydrogen) atoms. The lowest BCUT2D eigenvalue weighted by Gasteiger charge is -2.30. The van der Waals surface area contributed by atoms with Crippen LogP contribution in [0.3, 0.4) is 0 Å². The standard InChI is InChI=1S/C26H28N4O6/c1-17-12-23(28-36-17)26(2,32)7-6-18-4-5-22-20(13-18)24-27-21(25(31)33-3)16-30(24)15-19(35-22)14-29-8-10-34-11-9-29/h4-5,12-13,16,19,32H,8-11,14-15H2,1-3H3/t19?,26-/m1/s1. The first kappa shape index (κ1) is 24.1. The highest BCUT2D eigenvalue weighted by Crippen LogP contribution is 2.35. The molecule has 3 aromatic rings. The Morgan fingerprint density at radius 3 is 2.83 bits per heavy atom. The molecule has 10 nitrogen and oxygen atoms in total. The van der Waals surface area contributed by atoms with Gasteiger partial charge in [0.25, 0.3) is 0 Å². The zero-order chi connectivity index (χ0) is 25.3. The lowest BCUT2D eigenvalue weighted by Crippen LogP contribution is -2.43. The molecule has 0 spiro atoms. The highest BCUT2D eigenvalue weighted by atomic mass is 16.5. The van der Waals surface area contributed by atoms with Gasteiger partial charge < -0.3 is 28.4 Å². The summed E-state index contributed by atoms with van der Waals surface area (Å²) in [4.78, 5) is 19.1. The van der Waals surface area contributed by atoms with Gasteiger partial charge in [-0.25, -0.2) is 9.78 Å². The first-order chi connectivity index (χ1) is 17.3. The summed E-state index contributed by atoms with van der Waals surface area (Å²) in [6.45, 7) is 7.64. The number of methoxy groups -OCH3 is 1. The van der Waals surface area contributed by atoms with Gasteiger partial charge in [-0.05, 0) is 32.0 Å². The number of carbonyl (C=O) groups is 1. The molecule has 0 radical (unpaired) electrons. The second-order valence-electron chi connectivity index (χ2n) is 9.10. The fraction of sp³-hybridized carbons (Fsp3) is 0.423. The molecule has 4 heterocycles. The summed E-state index contributed by atoms with van der Waals surface area (Å²) in [6, 6.07) is 7.19. The number of aryl methyl sites for hydroxylation is 1. The molecule has 2 aromatic heterocycles. The molecule has 1 saturated heterocycles. The summed E-state index contributed by atoms with van der Waals surface area (Å²) in [5.41, 5.74) is 0.444. The topological polar surface area (TPSA) is 112 Å². The van der Waals surface area contributed by atoms with Crippen molar-refractivity contribution < 1.29 is 28.6 Å². The minimum Gasteiger partial charge on any atom is -0.486 e. The van der Waals surface area contributed by atoms with Crippen molar-refractivity contribution in [3.63, 3.8) is 0 Å². The minimum absolute atomic E-state index is 0.157. The molecule has 1 N–H and O–H groups in total. The number of hydrogen-bond acceptors (Lipinski definition) is 9. The fourth-order valence-corrected chi connectivity index (χ4v) is 4.31. The molecule has 2 aliphatic heterocycles. The zero-order valence-corrected chi connectivity index (χ0v) is 20.5. The van der Waals surface area contributed by atoms with Crippen molar-refractivity contribution in [2.24, 2.45) is 0 Å². The third-order valence-corrected chi connectivity index (χ3v) is 6.23. The van der Waals surface area contributed by atoms with Crippen LogP contribution in [-0.4, -0.2) is 76.7 Å². The molecular formula is C26H28N4O6. The van der Waals surface area contributed by atoms with Gasteiger partial charge >= 0.3 is 5.97 Å². The number of carbonyl (C=O) groups excluding carboxylic acids is 1. The monoisotopic (exact) mass is 492 g/mol. The second kappa shape index (κ2) is 9.78.